The summed E-state index contributed by atoms with van der Waals surface area (Å²) in [4.78, 5) is 121. The number of phosphoric ester groups is 1. The number of nitrogens with zero attached hydrogens (tertiary/aromatic N) is 6. The number of likely N-dealkylation sites (tertiary alicyclic amines) is 1. The molecule has 1 fully saturated rings. The van der Waals surface area contributed by atoms with Gasteiger partial charge in [0.15, 0.2) is 0 Å². The highest BCUT2D eigenvalue weighted by molar-refractivity contribution is 7.46. The topological polar surface area (TPSA) is 350 Å². The maximum absolute atomic E-state index is 14.1. The zero-order valence-corrected chi connectivity index (χ0v) is 40.3. The van der Waals surface area contributed by atoms with Gasteiger partial charge < -0.3 is 60.9 Å². The molecule has 1 aliphatic rings. The number of aliphatic hydroxyl groups is 1. The van der Waals surface area contributed by atoms with Gasteiger partial charge in [-0.25, -0.2) is 14.3 Å². The number of nitrogens with two attached hydrogens (primary N) is 1. The van der Waals surface area contributed by atoms with Gasteiger partial charge in [0.05, 0.1) is 36.6 Å². The zero-order chi connectivity index (χ0) is 50.4. The molecule has 3 heterocycles. The molecule has 2 aromatic rings. The molecule has 25 nitrogen and oxygen atoms in total. The van der Waals surface area contributed by atoms with E-state index in [1.165, 1.54) is 30.6 Å². The van der Waals surface area contributed by atoms with E-state index in [0.717, 1.165) is 11.6 Å². The number of phosphoric acid groups is 1. The third-order valence-corrected chi connectivity index (χ3v) is 11.0. The molecule has 3 rings (SSSR count). The molecule has 1 aliphatic heterocycles. The lowest BCUT2D eigenvalue weighted by molar-refractivity contribution is -0.139. The smallest absolute Gasteiger partial charge is 0.442 e. The standard InChI is InChI=1S/C41H66N11O14P/c1-23(2)17-30(46-39(59)33-13-12-15-51(33)27(6)54)36(56)45-31(37(57)47-32(21-53)38(58)48-34(35(42)55)26(5)66-67(61,62)63)18-28-19-43-22-50(28)14-10-11-16-64-44-20-29-24(3)49-52(25(29)4)40(60)65-41(7,8)9/h19-20,22-23,26,30-34,53H,10-18,21H2,1-9H3,(H2,42,55)(H,45,56)(H,46,59)(H,47,57)(H,48,58)(H2,61,62,63)/b44-20+/t26-,30+,31+,32+,33+,34+/m1/s1. The summed E-state index contributed by atoms with van der Waals surface area (Å²) in [7, 11) is -5.14. The van der Waals surface area contributed by atoms with Crippen molar-refractivity contribution in [2.75, 3.05) is 19.8 Å². The first kappa shape index (κ1) is 55.6. The van der Waals surface area contributed by atoms with Crippen LogP contribution in [0.1, 0.15) is 103 Å². The van der Waals surface area contributed by atoms with E-state index in [0.29, 0.717) is 61.4 Å². The van der Waals surface area contributed by atoms with E-state index in [-0.39, 0.29) is 31.3 Å². The second-order valence-electron chi connectivity index (χ2n) is 17.6. The van der Waals surface area contributed by atoms with Gasteiger partial charge in [-0.15, -0.1) is 0 Å². The molecule has 6 amide bonds. The minimum Gasteiger partial charge on any atom is -0.442 e. The number of hydrogen-bond acceptors (Lipinski definition) is 15. The lowest BCUT2D eigenvalue weighted by Gasteiger charge is -2.28. The number of imidazole rings is 1. The number of nitrogens with one attached hydrogen (secondary N) is 4. The van der Waals surface area contributed by atoms with E-state index in [1.54, 1.807) is 39.2 Å². The molecule has 6 atom stereocenters. The maximum atomic E-state index is 14.1. The molecule has 2 aromatic heterocycles. The Kier molecular flexibility index (Phi) is 20.6. The highest BCUT2D eigenvalue weighted by Gasteiger charge is 2.37. The van der Waals surface area contributed by atoms with E-state index in [4.69, 9.17) is 15.3 Å². The van der Waals surface area contributed by atoms with Gasteiger partial charge in [-0.05, 0) is 79.6 Å². The Bertz CT molecular complexity index is 2150. The van der Waals surface area contributed by atoms with Crippen LogP contribution >= 0.6 is 7.82 Å². The van der Waals surface area contributed by atoms with Crippen LogP contribution < -0.4 is 27.0 Å². The number of aryl methyl sites for hydroxylation is 2. The number of unbranched alkanes of at least 4 members (excludes halogenated alkanes) is 1. The predicted molar refractivity (Wildman–Crippen MR) is 239 cm³/mol. The largest absolute Gasteiger partial charge is 0.469 e. The summed E-state index contributed by atoms with van der Waals surface area (Å²) in [6, 6.07) is -7.01. The maximum Gasteiger partial charge on any atom is 0.469 e. The monoisotopic (exact) mass is 967 g/mol. The van der Waals surface area contributed by atoms with Crippen molar-refractivity contribution in [3.63, 3.8) is 0 Å². The van der Waals surface area contributed by atoms with Crippen LogP contribution in [0.5, 0.6) is 0 Å². The summed E-state index contributed by atoms with van der Waals surface area (Å²) in [6.45, 7) is 14.7. The number of ether oxygens (including phenoxy) is 1. The minimum atomic E-state index is -5.14. The summed E-state index contributed by atoms with van der Waals surface area (Å²) in [5, 5.41) is 28.4. The van der Waals surface area contributed by atoms with Crippen molar-refractivity contribution in [3.8, 4) is 0 Å². The quantitative estimate of drug-likeness (QED) is 0.0293. The molecule has 0 unspecified atom stereocenters. The lowest BCUT2D eigenvalue weighted by Crippen LogP contribution is -2.61. The Morgan fingerprint density at radius 3 is 2.22 bits per heavy atom. The Morgan fingerprint density at radius 2 is 1.63 bits per heavy atom. The third kappa shape index (κ3) is 17.4. The van der Waals surface area contributed by atoms with E-state index < -0.39 is 92.0 Å². The van der Waals surface area contributed by atoms with Crippen molar-refractivity contribution in [1.82, 2.24) is 45.5 Å². The second-order valence-corrected chi connectivity index (χ2v) is 18.8. The Labute approximate surface area is 388 Å². The van der Waals surface area contributed by atoms with Crippen molar-refractivity contribution < 1.29 is 67.1 Å². The molecular weight excluding hydrogens is 901 g/mol. The first-order valence-electron chi connectivity index (χ1n) is 21.8. The van der Waals surface area contributed by atoms with Crippen molar-refractivity contribution in [2.24, 2.45) is 16.8 Å². The van der Waals surface area contributed by atoms with Gasteiger partial charge in [0.25, 0.3) is 0 Å². The molecule has 0 aromatic carbocycles. The number of hydrogen-bond donors (Lipinski definition) is 8. The molecule has 67 heavy (non-hydrogen) atoms. The fourth-order valence-electron chi connectivity index (χ4n) is 7.13. The van der Waals surface area contributed by atoms with Crippen molar-refractivity contribution >= 4 is 55.6 Å². The van der Waals surface area contributed by atoms with Crippen LogP contribution in [0.4, 0.5) is 4.79 Å². The van der Waals surface area contributed by atoms with E-state index in [1.807, 2.05) is 13.8 Å². The van der Waals surface area contributed by atoms with E-state index >= 15 is 0 Å². The summed E-state index contributed by atoms with van der Waals surface area (Å²) in [5.41, 5.74) is 6.76. The van der Waals surface area contributed by atoms with Gasteiger partial charge in [-0.1, -0.05) is 19.0 Å². The van der Waals surface area contributed by atoms with Gasteiger partial charge in [0.2, 0.25) is 35.4 Å². The van der Waals surface area contributed by atoms with Gasteiger partial charge in [0.1, 0.15) is 42.4 Å². The van der Waals surface area contributed by atoms with Crippen LogP contribution in [0.25, 0.3) is 0 Å². The van der Waals surface area contributed by atoms with E-state index in [9.17, 15) is 53.0 Å². The van der Waals surface area contributed by atoms with Crippen LogP contribution in [0, 0.1) is 19.8 Å². The predicted octanol–water partition coefficient (Wildman–Crippen LogP) is -0.175. The minimum absolute atomic E-state index is 0.124. The molecular formula is C41H66N11O14P. The molecule has 26 heteroatoms. The highest BCUT2D eigenvalue weighted by Crippen LogP contribution is 2.38. The molecule has 1 saturated heterocycles. The SMILES string of the molecule is CC(=O)N1CCC[C@H]1C(=O)N[C@@H](CC(C)C)C(=O)N[C@@H](Cc1cncn1CCCCO/N=C/c1c(C)nn(C(=O)OC(C)(C)C)c1C)C(=O)N[C@@H](CO)C(=O)N[C@H](C(N)=O)[C@@H](C)OP(=O)(O)O. The zero-order valence-electron chi connectivity index (χ0n) is 39.4. The fraction of sp³-hybridized carbons (Fsp3) is 0.659. The molecule has 0 spiro atoms. The van der Waals surface area contributed by atoms with Gasteiger partial charge in [0, 0.05) is 43.9 Å². The molecule has 0 radical (unpaired) electrons. The highest BCUT2D eigenvalue weighted by atomic mass is 31.2. The summed E-state index contributed by atoms with van der Waals surface area (Å²) in [6.07, 6.45) is 4.14. The number of primary amides is 1. The number of rotatable bonds is 24. The van der Waals surface area contributed by atoms with Crippen molar-refractivity contribution in [3.05, 3.63) is 35.2 Å². The summed E-state index contributed by atoms with van der Waals surface area (Å²) < 4.78 is 24.2. The van der Waals surface area contributed by atoms with Crippen LogP contribution in [0.3, 0.4) is 0 Å². The Morgan fingerprint density at radius 1 is 0.985 bits per heavy atom. The first-order chi connectivity index (χ1) is 31.2. The fourth-order valence-corrected chi connectivity index (χ4v) is 7.69. The van der Waals surface area contributed by atoms with Gasteiger partial charge in [-0.3, -0.25) is 33.3 Å². The number of aromatic nitrogens is 4. The van der Waals surface area contributed by atoms with E-state index in [2.05, 4.69) is 41.0 Å². The van der Waals surface area contributed by atoms with Crippen LogP contribution in [-0.4, -0.2) is 149 Å². The van der Waals surface area contributed by atoms with Crippen molar-refractivity contribution in [2.45, 2.75) is 149 Å². The van der Waals surface area contributed by atoms with Gasteiger partial charge in [-0.2, -0.15) is 9.78 Å². The average molecular weight is 968 g/mol. The molecule has 0 saturated carbocycles. The number of carbonyl (C=O) groups is 7. The van der Waals surface area contributed by atoms with Crippen LogP contribution in [-0.2, 0) is 60.4 Å². The number of oxime groups is 1. The number of carbonyl (C=O) groups excluding carboxylic acids is 7. The molecule has 374 valence electrons. The lowest BCUT2D eigenvalue weighted by atomic mass is 10.0. The second kappa shape index (κ2) is 24.9. The molecule has 9 N–H and O–H groups in total. The third-order valence-electron chi connectivity index (χ3n) is 10.4. The van der Waals surface area contributed by atoms with Crippen LogP contribution in [0.2, 0.25) is 0 Å². The molecule has 0 aliphatic carbocycles. The molecule has 0 bridgehead atoms. The van der Waals surface area contributed by atoms with Crippen molar-refractivity contribution in [1.29, 1.82) is 0 Å². The number of aliphatic hydroxyl groups excluding tert-OH is 1. The first-order valence-corrected chi connectivity index (χ1v) is 23.3. The summed E-state index contributed by atoms with van der Waals surface area (Å²) in [5.74, 6) is -5.12. The number of amides is 6. The van der Waals surface area contributed by atoms with Gasteiger partial charge >= 0.3 is 13.9 Å². The van der Waals surface area contributed by atoms with Crippen LogP contribution in [0.15, 0.2) is 17.7 Å². The normalized spacial score (nSPS) is 16.5. The Balaban J connectivity index is 1.79. The Hall–Kier alpha value is -5.75. The average Bonchev–Trinajstić information content (AvgIpc) is 3.95. The summed E-state index contributed by atoms with van der Waals surface area (Å²) >= 11 is 0.